The van der Waals surface area contributed by atoms with E-state index in [1.165, 1.54) is 11.1 Å². The van der Waals surface area contributed by atoms with Crippen molar-refractivity contribution in [3.8, 4) is 17.2 Å². The molecular weight excluding hydrogens is 308 g/mol. The maximum absolute atomic E-state index is 5.66. The van der Waals surface area contributed by atoms with E-state index in [2.05, 4.69) is 15.9 Å². The van der Waals surface area contributed by atoms with Crippen molar-refractivity contribution >= 4 is 0 Å². The predicted molar refractivity (Wildman–Crippen MR) is 92.3 cm³/mol. The minimum Gasteiger partial charge on any atom is -0.493 e. The van der Waals surface area contributed by atoms with E-state index >= 15 is 0 Å². The summed E-state index contributed by atoms with van der Waals surface area (Å²) in [7, 11) is 5.02. The standard InChI is InChI=1S/C18H28N2O4/c1-21-16-12-14-4-5-20(7-6-19-8-10-24-11-9-19)13-15(14)17(22-2)18(16)23-3/h12H,4-11,13H2,1-3H3. The van der Waals surface area contributed by atoms with Crippen LogP contribution in [0.1, 0.15) is 11.1 Å². The minimum atomic E-state index is 0.689. The maximum Gasteiger partial charge on any atom is 0.203 e. The fraction of sp³-hybridized carbons (Fsp3) is 0.667. The van der Waals surface area contributed by atoms with Crippen LogP contribution in [0.15, 0.2) is 6.07 Å². The zero-order valence-electron chi connectivity index (χ0n) is 15.0. The van der Waals surface area contributed by atoms with Crippen LogP contribution in [0.25, 0.3) is 0 Å². The summed E-state index contributed by atoms with van der Waals surface area (Å²) in [4.78, 5) is 4.97. The Morgan fingerprint density at radius 2 is 1.62 bits per heavy atom. The minimum absolute atomic E-state index is 0.689. The van der Waals surface area contributed by atoms with Gasteiger partial charge in [-0.15, -0.1) is 0 Å². The number of benzene rings is 1. The van der Waals surface area contributed by atoms with Crippen LogP contribution in [0.5, 0.6) is 17.2 Å². The van der Waals surface area contributed by atoms with Gasteiger partial charge in [0.05, 0.1) is 34.5 Å². The van der Waals surface area contributed by atoms with Crippen LogP contribution in [0.2, 0.25) is 0 Å². The van der Waals surface area contributed by atoms with E-state index < -0.39 is 0 Å². The first-order valence-electron chi connectivity index (χ1n) is 8.60. The van der Waals surface area contributed by atoms with Crippen LogP contribution in [0.4, 0.5) is 0 Å². The van der Waals surface area contributed by atoms with E-state index in [0.29, 0.717) is 5.75 Å². The molecule has 0 amide bonds. The van der Waals surface area contributed by atoms with Gasteiger partial charge in [0, 0.05) is 44.8 Å². The molecule has 0 N–H and O–H groups in total. The first kappa shape index (κ1) is 17.3. The smallest absolute Gasteiger partial charge is 0.203 e. The topological polar surface area (TPSA) is 43.4 Å². The highest BCUT2D eigenvalue weighted by Crippen LogP contribution is 2.43. The van der Waals surface area contributed by atoms with Gasteiger partial charge in [-0.2, -0.15) is 0 Å². The molecule has 1 saturated heterocycles. The zero-order chi connectivity index (χ0) is 16.9. The molecule has 2 heterocycles. The van der Waals surface area contributed by atoms with Gasteiger partial charge in [-0.05, 0) is 18.1 Å². The third-order valence-corrected chi connectivity index (χ3v) is 4.94. The summed E-state index contributed by atoms with van der Waals surface area (Å²) in [5.74, 6) is 2.24. The lowest BCUT2D eigenvalue weighted by atomic mass is 9.97. The van der Waals surface area contributed by atoms with Crippen molar-refractivity contribution < 1.29 is 18.9 Å². The predicted octanol–water partition coefficient (Wildman–Crippen LogP) is 1.40. The summed E-state index contributed by atoms with van der Waals surface area (Å²) in [5.41, 5.74) is 2.52. The number of morpholine rings is 1. The fourth-order valence-corrected chi connectivity index (χ4v) is 3.54. The Hall–Kier alpha value is -1.50. The number of hydrogen-bond acceptors (Lipinski definition) is 6. The molecule has 0 aliphatic carbocycles. The highest BCUT2D eigenvalue weighted by molar-refractivity contribution is 5.59. The average molecular weight is 336 g/mol. The van der Waals surface area contributed by atoms with Crippen molar-refractivity contribution in [2.24, 2.45) is 0 Å². The Balaban J connectivity index is 1.71. The Morgan fingerprint density at radius 1 is 0.917 bits per heavy atom. The van der Waals surface area contributed by atoms with Crippen molar-refractivity contribution in [2.75, 3.05) is 67.3 Å². The lowest BCUT2D eigenvalue weighted by molar-refractivity contribution is 0.0326. The molecule has 24 heavy (non-hydrogen) atoms. The van der Waals surface area contributed by atoms with Crippen LogP contribution < -0.4 is 14.2 Å². The molecule has 2 aliphatic heterocycles. The van der Waals surface area contributed by atoms with Crippen molar-refractivity contribution in [3.05, 3.63) is 17.2 Å². The summed E-state index contributed by atoms with van der Waals surface area (Å²) in [6.07, 6.45) is 1.01. The van der Waals surface area contributed by atoms with E-state index in [1.807, 2.05) is 0 Å². The molecule has 0 atom stereocenters. The van der Waals surface area contributed by atoms with Crippen LogP contribution in [0, 0.1) is 0 Å². The van der Waals surface area contributed by atoms with E-state index in [9.17, 15) is 0 Å². The molecule has 1 fully saturated rings. The lowest BCUT2D eigenvalue weighted by Crippen LogP contribution is -2.42. The summed E-state index contributed by atoms with van der Waals surface area (Å²) in [6, 6.07) is 2.09. The third-order valence-electron chi connectivity index (χ3n) is 4.94. The van der Waals surface area contributed by atoms with Gasteiger partial charge in [0.25, 0.3) is 0 Å². The molecule has 1 aromatic carbocycles. The summed E-state index contributed by atoms with van der Waals surface area (Å²) >= 11 is 0. The Labute approximate surface area is 144 Å². The molecule has 0 aromatic heterocycles. The summed E-state index contributed by atoms with van der Waals surface area (Å²) < 4.78 is 22.1. The number of fused-ring (bicyclic) bond motifs is 1. The molecule has 6 heteroatoms. The van der Waals surface area contributed by atoms with Gasteiger partial charge in [-0.25, -0.2) is 0 Å². The first-order valence-corrected chi connectivity index (χ1v) is 8.60. The zero-order valence-corrected chi connectivity index (χ0v) is 15.0. The third kappa shape index (κ3) is 3.61. The SMILES string of the molecule is COc1cc2c(c(OC)c1OC)CN(CCN1CCOCC1)CC2. The van der Waals surface area contributed by atoms with Crippen molar-refractivity contribution in [3.63, 3.8) is 0 Å². The Morgan fingerprint density at radius 3 is 2.29 bits per heavy atom. The number of ether oxygens (including phenoxy) is 4. The molecule has 0 spiro atoms. The van der Waals surface area contributed by atoms with E-state index in [4.69, 9.17) is 18.9 Å². The van der Waals surface area contributed by atoms with Crippen molar-refractivity contribution in [1.29, 1.82) is 0 Å². The van der Waals surface area contributed by atoms with E-state index in [-0.39, 0.29) is 0 Å². The second-order valence-corrected chi connectivity index (χ2v) is 6.26. The fourth-order valence-electron chi connectivity index (χ4n) is 3.54. The van der Waals surface area contributed by atoms with Gasteiger partial charge >= 0.3 is 0 Å². The maximum atomic E-state index is 5.66. The van der Waals surface area contributed by atoms with Crippen molar-refractivity contribution in [1.82, 2.24) is 9.80 Å². The van der Waals surface area contributed by atoms with Gasteiger partial charge in [0.15, 0.2) is 11.5 Å². The molecule has 134 valence electrons. The number of nitrogens with zero attached hydrogens (tertiary/aromatic N) is 2. The molecule has 0 saturated carbocycles. The Kier molecular flexibility index (Phi) is 5.81. The molecule has 1 aromatic rings. The van der Waals surface area contributed by atoms with Crippen LogP contribution >= 0.6 is 0 Å². The largest absolute Gasteiger partial charge is 0.493 e. The van der Waals surface area contributed by atoms with Crippen LogP contribution in [-0.4, -0.2) is 77.1 Å². The van der Waals surface area contributed by atoms with Gasteiger partial charge in [-0.3, -0.25) is 9.80 Å². The van der Waals surface area contributed by atoms with Crippen LogP contribution in [-0.2, 0) is 17.7 Å². The second kappa shape index (κ2) is 8.05. The molecule has 6 nitrogen and oxygen atoms in total. The molecule has 3 rings (SSSR count). The Bertz CT molecular complexity index is 558. The molecule has 0 radical (unpaired) electrons. The molecule has 0 bridgehead atoms. The van der Waals surface area contributed by atoms with Gasteiger partial charge < -0.3 is 18.9 Å². The summed E-state index contributed by atoms with van der Waals surface area (Å²) in [6.45, 7) is 7.91. The molecule has 0 unspecified atom stereocenters. The second-order valence-electron chi connectivity index (χ2n) is 6.26. The van der Waals surface area contributed by atoms with E-state index in [1.54, 1.807) is 21.3 Å². The van der Waals surface area contributed by atoms with Crippen LogP contribution in [0.3, 0.4) is 0 Å². The van der Waals surface area contributed by atoms with Gasteiger partial charge in [0.2, 0.25) is 5.75 Å². The number of methoxy groups -OCH3 is 3. The number of hydrogen-bond donors (Lipinski definition) is 0. The normalized spacial score (nSPS) is 19.0. The quantitative estimate of drug-likeness (QED) is 0.782. The average Bonchev–Trinajstić information content (AvgIpc) is 2.65. The molecule has 2 aliphatic rings. The lowest BCUT2D eigenvalue weighted by Gasteiger charge is -2.33. The monoisotopic (exact) mass is 336 g/mol. The van der Waals surface area contributed by atoms with Gasteiger partial charge in [0.1, 0.15) is 0 Å². The highest BCUT2D eigenvalue weighted by Gasteiger charge is 2.26. The summed E-state index contributed by atoms with van der Waals surface area (Å²) in [5, 5.41) is 0. The van der Waals surface area contributed by atoms with E-state index in [0.717, 1.165) is 70.4 Å². The first-order chi connectivity index (χ1) is 11.8. The van der Waals surface area contributed by atoms with Gasteiger partial charge in [-0.1, -0.05) is 0 Å². The van der Waals surface area contributed by atoms with Crippen molar-refractivity contribution in [2.45, 2.75) is 13.0 Å². The highest BCUT2D eigenvalue weighted by atomic mass is 16.5. The number of rotatable bonds is 6. The molecular formula is C18H28N2O4.